The lowest BCUT2D eigenvalue weighted by molar-refractivity contribution is -0.128. The first-order valence-corrected chi connectivity index (χ1v) is 9.63. The van der Waals surface area contributed by atoms with Crippen molar-refractivity contribution in [2.24, 2.45) is 0 Å². The van der Waals surface area contributed by atoms with Gasteiger partial charge in [0.05, 0.1) is 5.52 Å². The van der Waals surface area contributed by atoms with E-state index >= 15 is 0 Å². The molecule has 0 saturated carbocycles. The van der Waals surface area contributed by atoms with Crippen molar-refractivity contribution < 1.29 is 4.79 Å². The molecule has 2 aromatic carbocycles. The van der Waals surface area contributed by atoms with E-state index in [4.69, 9.17) is 0 Å². The number of pyridine rings is 1. The highest BCUT2D eigenvalue weighted by molar-refractivity contribution is 9.10. The molecule has 1 aromatic heterocycles. The molecule has 0 atom stereocenters. The Labute approximate surface area is 161 Å². The van der Waals surface area contributed by atoms with Crippen LogP contribution < -0.4 is 5.32 Å². The van der Waals surface area contributed by atoms with Gasteiger partial charge >= 0.3 is 0 Å². The molecule has 26 heavy (non-hydrogen) atoms. The topological polar surface area (TPSA) is 45.2 Å². The fourth-order valence-corrected chi connectivity index (χ4v) is 3.73. The van der Waals surface area contributed by atoms with E-state index in [1.807, 2.05) is 23.1 Å². The summed E-state index contributed by atoms with van der Waals surface area (Å²) in [6.45, 7) is 2.31. The fraction of sp³-hybridized carbons (Fsp3) is 0.238. The van der Waals surface area contributed by atoms with E-state index in [2.05, 4.69) is 62.6 Å². The molecule has 0 radical (unpaired) electrons. The van der Waals surface area contributed by atoms with Crippen molar-refractivity contribution in [3.8, 4) is 0 Å². The molecule has 1 aliphatic rings. The van der Waals surface area contributed by atoms with Gasteiger partial charge in [-0.1, -0.05) is 36.4 Å². The number of aromatic nitrogens is 1. The Bertz CT molecular complexity index is 940. The number of rotatable bonds is 5. The molecule has 1 aliphatic heterocycles. The molecular weight excluding hydrogens is 390 g/mol. The van der Waals surface area contributed by atoms with Crippen molar-refractivity contribution >= 4 is 38.6 Å². The predicted octanol–water partition coefficient (Wildman–Crippen LogP) is 4.73. The molecule has 2 heterocycles. The SMILES string of the molecule is O=C1CCCN1Cc1ccc(CNc2ccc3cccc(Br)c3n2)cc1. The van der Waals surface area contributed by atoms with Gasteiger partial charge in [0, 0.05) is 35.9 Å². The summed E-state index contributed by atoms with van der Waals surface area (Å²) in [5.41, 5.74) is 3.33. The number of benzene rings is 2. The molecule has 0 bridgehead atoms. The molecule has 0 aliphatic carbocycles. The van der Waals surface area contributed by atoms with Gasteiger partial charge in [0.2, 0.25) is 5.91 Å². The van der Waals surface area contributed by atoms with Gasteiger partial charge < -0.3 is 10.2 Å². The normalized spacial score (nSPS) is 14.2. The number of hydrogen-bond acceptors (Lipinski definition) is 3. The predicted molar refractivity (Wildman–Crippen MR) is 108 cm³/mol. The van der Waals surface area contributed by atoms with Gasteiger partial charge in [0.25, 0.3) is 0 Å². The number of anilines is 1. The zero-order valence-electron chi connectivity index (χ0n) is 14.4. The van der Waals surface area contributed by atoms with E-state index < -0.39 is 0 Å². The van der Waals surface area contributed by atoms with Crippen molar-refractivity contribution in [1.82, 2.24) is 9.88 Å². The summed E-state index contributed by atoms with van der Waals surface area (Å²) < 4.78 is 1.000. The lowest BCUT2D eigenvalue weighted by atomic mass is 10.1. The van der Waals surface area contributed by atoms with Gasteiger partial charge in [-0.2, -0.15) is 0 Å². The summed E-state index contributed by atoms with van der Waals surface area (Å²) in [5, 5.41) is 4.50. The summed E-state index contributed by atoms with van der Waals surface area (Å²) in [5.74, 6) is 1.13. The minimum Gasteiger partial charge on any atom is -0.366 e. The quantitative estimate of drug-likeness (QED) is 0.662. The smallest absolute Gasteiger partial charge is 0.222 e. The summed E-state index contributed by atoms with van der Waals surface area (Å²) >= 11 is 3.56. The number of fused-ring (bicyclic) bond motifs is 1. The van der Waals surface area contributed by atoms with E-state index in [9.17, 15) is 4.79 Å². The number of likely N-dealkylation sites (tertiary alicyclic amines) is 1. The average molecular weight is 410 g/mol. The van der Waals surface area contributed by atoms with Gasteiger partial charge in [-0.3, -0.25) is 4.79 Å². The first-order chi connectivity index (χ1) is 12.7. The minimum atomic E-state index is 0.268. The van der Waals surface area contributed by atoms with Crippen LogP contribution in [0.1, 0.15) is 24.0 Å². The third-order valence-electron chi connectivity index (χ3n) is 4.71. The van der Waals surface area contributed by atoms with Crippen LogP contribution >= 0.6 is 15.9 Å². The number of carbonyl (C=O) groups is 1. The molecular formula is C21H20BrN3O. The second-order valence-corrected chi connectivity index (χ2v) is 7.45. The molecule has 4 nitrogen and oxygen atoms in total. The number of para-hydroxylation sites is 1. The summed E-state index contributed by atoms with van der Waals surface area (Å²) in [6, 6.07) is 18.6. The van der Waals surface area contributed by atoms with Gasteiger partial charge in [-0.05, 0) is 51.7 Å². The van der Waals surface area contributed by atoms with Gasteiger partial charge in [0.1, 0.15) is 5.82 Å². The van der Waals surface area contributed by atoms with E-state index in [0.29, 0.717) is 19.5 Å². The molecule has 132 valence electrons. The fourth-order valence-electron chi connectivity index (χ4n) is 3.26. The van der Waals surface area contributed by atoms with E-state index in [1.54, 1.807) is 0 Å². The first-order valence-electron chi connectivity index (χ1n) is 8.84. The maximum absolute atomic E-state index is 11.7. The number of hydrogen-bond donors (Lipinski definition) is 1. The Morgan fingerprint density at radius 2 is 1.85 bits per heavy atom. The third-order valence-corrected chi connectivity index (χ3v) is 5.35. The van der Waals surface area contributed by atoms with Crippen LogP contribution in [0.15, 0.2) is 59.1 Å². The maximum Gasteiger partial charge on any atom is 0.222 e. The van der Waals surface area contributed by atoms with Crippen LogP contribution in [0.3, 0.4) is 0 Å². The molecule has 0 unspecified atom stereocenters. The largest absolute Gasteiger partial charge is 0.366 e. The lowest BCUT2D eigenvalue weighted by Gasteiger charge is -2.15. The Balaban J connectivity index is 1.40. The van der Waals surface area contributed by atoms with Crippen LogP contribution in [0.5, 0.6) is 0 Å². The highest BCUT2D eigenvalue weighted by Gasteiger charge is 2.19. The molecule has 1 N–H and O–H groups in total. The molecule has 1 saturated heterocycles. The molecule has 4 rings (SSSR count). The van der Waals surface area contributed by atoms with Gasteiger partial charge in [-0.25, -0.2) is 4.98 Å². The second-order valence-electron chi connectivity index (χ2n) is 6.60. The van der Waals surface area contributed by atoms with Crippen LogP contribution in [0.25, 0.3) is 10.9 Å². The Morgan fingerprint density at radius 3 is 2.62 bits per heavy atom. The number of amides is 1. The summed E-state index contributed by atoms with van der Waals surface area (Å²) in [4.78, 5) is 18.3. The number of nitrogens with zero attached hydrogens (tertiary/aromatic N) is 2. The zero-order valence-corrected chi connectivity index (χ0v) is 16.0. The lowest BCUT2D eigenvalue weighted by Crippen LogP contribution is -2.23. The van der Waals surface area contributed by atoms with Gasteiger partial charge in [-0.15, -0.1) is 0 Å². The third kappa shape index (κ3) is 3.73. The average Bonchev–Trinajstić information content (AvgIpc) is 3.06. The summed E-state index contributed by atoms with van der Waals surface area (Å²) in [6.07, 6.45) is 1.67. The molecule has 1 amide bonds. The van der Waals surface area contributed by atoms with E-state index in [1.165, 1.54) is 11.1 Å². The van der Waals surface area contributed by atoms with Crippen LogP contribution in [0, 0.1) is 0 Å². The molecule has 1 fully saturated rings. The van der Waals surface area contributed by atoms with Crippen molar-refractivity contribution in [3.05, 3.63) is 70.2 Å². The van der Waals surface area contributed by atoms with E-state index in [0.717, 1.165) is 34.2 Å². The van der Waals surface area contributed by atoms with Crippen molar-refractivity contribution in [2.75, 3.05) is 11.9 Å². The Morgan fingerprint density at radius 1 is 1.04 bits per heavy atom. The van der Waals surface area contributed by atoms with E-state index in [-0.39, 0.29) is 5.91 Å². The second kappa shape index (κ2) is 7.46. The van der Waals surface area contributed by atoms with Gasteiger partial charge in [0.15, 0.2) is 0 Å². The molecule has 5 heteroatoms. The van der Waals surface area contributed by atoms with Crippen LogP contribution in [-0.4, -0.2) is 22.3 Å². The first kappa shape index (κ1) is 17.0. The van der Waals surface area contributed by atoms with Crippen LogP contribution in [-0.2, 0) is 17.9 Å². The highest BCUT2D eigenvalue weighted by atomic mass is 79.9. The molecule has 0 spiro atoms. The monoisotopic (exact) mass is 409 g/mol. The highest BCUT2D eigenvalue weighted by Crippen LogP contribution is 2.23. The van der Waals surface area contributed by atoms with Crippen LogP contribution in [0.4, 0.5) is 5.82 Å². The summed E-state index contributed by atoms with van der Waals surface area (Å²) in [7, 11) is 0. The number of nitrogens with one attached hydrogen (secondary N) is 1. The van der Waals surface area contributed by atoms with Crippen molar-refractivity contribution in [1.29, 1.82) is 0 Å². The van der Waals surface area contributed by atoms with Crippen molar-refractivity contribution in [3.63, 3.8) is 0 Å². The number of halogens is 1. The van der Waals surface area contributed by atoms with Crippen LogP contribution in [0.2, 0.25) is 0 Å². The maximum atomic E-state index is 11.7. The molecule has 3 aromatic rings. The zero-order chi connectivity index (χ0) is 17.9. The number of carbonyl (C=O) groups excluding carboxylic acids is 1. The Kier molecular flexibility index (Phi) is 4.89. The van der Waals surface area contributed by atoms with Crippen molar-refractivity contribution in [2.45, 2.75) is 25.9 Å². The standard InChI is InChI=1S/C21H20BrN3O/c22-18-4-1-3-17-10-11-19(24-21(17)18)23-13-15-6-8-16(9-7-15)14-25-12-2-5-20(25)26/h1,3-4,6-11H,2,5,12-14H2,(H,23,24). The minimum absolute atomic E-state index is 0.268. The Hall–Kier alpha value is -2.40.